The number of ether oxygens (including phenoxy) is 3. The Balaban J connectivity index is 1.33. The number of aromatic nitrogens is 4. The molecule has 0 aliphatic carbocycles. The summed E-state index contributed by atoms with van der Waals surface area (Å²) in [6, 6.07) is 13.1. The molecule has 32 heavy (non-hydrogen) atoms. The summed E-state index contributed by atoms with van der Waals surface area (Å²) in [5.74, 6) is -0.342. The van der Waals surface area contributed by atoms with Gasteiger partial charge in [0.25, 0.3) is 0 Å². The molecular weight excluding hydrogens is 451 g/mol. The normalized spacial score (nSPS) is 20.5. The molecule has 1 saturated heterocycles. The second kappa shape index (κ2) is 8.96. The summed E-state index contributed by atoms with van der Waals surface area (Å²) < 4.78 is 22.5. The van der Waals surface area contributed by atoms with E-state index in [1.165, 1.54) is 0 Å². The highest BCUT2D eigenvalue weighted by Crippen LogP contribution is 2.40. The predicted octanol–water partition coefficient (Wildman–Crippen LogP) is 4.72. The molecule has 0 N–H and O–H groups in total. The minimum Gasteiger partial charge on any atom is -0.491 e. The lowest BCUT2D eigenvalue weighted by Crippen LogP contribution is -2.34. The fourth-order valence-electron chi connectivity index (χ4n) is 3.71. The van der Waals surface area contributed by atoms with Gasteiger partial charge in [-0.2, -0.15) is 0 Å². The van der Waals surface area contributed by atoms with E-state index >= 15 is 0 Å². The van der Waals surface area contributed by atoms with Crippen molar-refractivity contribution in [3.63, 3.8) is 0 Å². The van der Waals surface area contributed by atoms with Crippen molar-refractivity contribution in [1.29, 1.82) is 0 Å². The molecule has 3 heterocycles. The first-order valence-electron chi connectivity index (χ1n) is 10.1. The van der Waals surface area contributed by atoms with Crippen LogP contribution in [0.1, 0.15) is 5.56 Å². The van der Waals surface area contributed by atoms with Gasteiger partial charge >= 0.3 is 0 Å². The van der Waals surface area contributed by atoms with Gasteiger partial charge in [0.2, 0.25) is 5.79 Å². The molecule has 1 aliphatic heterocycles. The Hall–Kier alpha value is -2.84. The topological polar surface area (TPSA) is 63.3 Å². The zero-order valence-electron chi connectivity index (χ0n) is 17.0. The molecule has 0 spiro atoms. The molecule has 2 atom stereocenters. The zero-order valence-corrected chi connectivity index (χ0v) is 18.5. The van der Waals surface area contributed by atoms with Crippen molar-refractivity contribution in [1.82, 2.24) is 19.1 Å². The molecule has 0 saturated carbocycles. The minimum atomic E-state index is -1.07. The van der Waals surface area contributed by atoms with Crippen LogP contribution in [0, 0.1) is 0 Å². The molecule has 2 aromatic carbocycles. The van der Waals surface area contributed by atoms with E-state index in [0.717, 1.165) is 11.4 Å². The number of benzene rings is 2. The Morgan fingerprint density at radius 2 is 1.94 bits per heavy atom. The van der Waals surface area contributed by atoms with Crippen LogP contribution in [0.4, 0.5) is 0 Å². The van der Waals surface area contributed by atoms with Crippen LogP contribution in [0.25, 0.3) is 5.69 Å². The molecule has 7 nitrogen and oxygen atoms in total. The number of nitrogens with zero attached hydrogens (tertiary/aromatic N) is 4. The highest BCUT2D eigenvalue weighted by atomic mass is 35.5. The van der Waals surface area contributed by atoms with Gasteiger partial charge in [0, 0.05) is 41.4 Å². The van der Waals surface area contributed by atoms with Crippen LogP contribution in [-0.2, 0) is 21.8 Å². The summed E-state index contributed by atoms with van der Waals surface area (Å²) in [6.45, 7) is 1.07. The fraction of sp³-hybridized carbons (Fsp3) is 0.217. The maximum Gasteiger partial charge on any atom is 0.215 e. The molecule has 164 valence electrons. The van der Waals surface area contributed by atoms with Crippen LogP contribution >= 0.6 is 23.2 Å². The van der Waals surface area contributed by atoms with Crippen molar-refractivity contribution in [2.45, 2.75) is 18.4 Å². The van der Waals surface area contributed by atoms with E-state index in [4.69, 9.17) is 37.4 Å². The third-order valence-electron chi connectivity index (χ3n) is 5.21. The molecule has 1 aliphatic rings. The molecule has 0 amide bonds. The van der Waals surface area contributed by atoms with Gasteiger partial charge in [-0.05, 0) is 24.3 Å². The van der Waals surface area contributed by atoms with Crippen molar-refractivity contribution in [2.75, 3.05) is 13.2 Å². The molecule has 9 heteroatoms. The quantitative estimate of drug-likeness (QED) is 0.390. The lowest BCUT2D eigenvalue weighted by Gasteiger charge is -2.30. The lowest BCUT2D eigenvalue weighted by molar-refractivity contribution is -0.189. The van der Waals surface area contributed by atoms with E-state index in [0.29, 0.717) is 35.4 Å². The summed E-state index contributed by atoms with van der Waals surface area (Å²) in [4.78, 5) is 8.20. The van der Waals surface area contributed by atoms with Crippen molar-refractivity contribution in [3.05, 3.63) is 95.5 Å². The summed E-state index contributed by atoms with van der Waals surface area (Å²) in [7, 11) is 0. The Kier molecular flexibility index (Phi) is 5.89. The second-order valence-corrected chi connectivity index (χ2v) is 8.28. The first kappa shape index (κ1) is 21.0. The number of rotatable bonds is 7. The summed E-state index contributed by atoms with van der Waals surface area (Å²) >= 11 is 12.6. The molecule has 5 rings (SSSR count). The SMILES string of the molecule is Clc1ccc([C@]2(Cn3ccnc3)OC[C@@H](COc3cccc(-n4ccnc4)c3)O2)c(Cl)c1. The number of hydrogen-bond donors (Lipinski definition) is 0. The maximum absolute atomic E-state index is 6.52. The van der Waals surface area contributed by atoms with Crippen LogP contribution in [0.15, 0.2) is 79.9 Å². The van der Waals surface area contributed by atoms with Gasteiger partial charge in [-0.1, -0.05) is 35.3 Å². The largest absolute Gasteiger partial charge is 0.491 e. The maximum atomic E-state index is 6.52. The molecule has 1 fully saturated rings. The monoisotopic (exact) mass is 470 g/mol. The van der Waals surface area contributed by atoms with Gasteiger partial charge in [0.05, 0.1) is 36.5 Å². The van der Waals surface area contributed by atoms with Crippen molar-refractivity contribution in [3.8, 4) is 11.4 Å². The highest BCUT2D eigenvalue weighted by molar-refractivity contribution is 6.35. The summed E-state index contributed by atoms with van der Waals surface area (Å²) in [5.41, 5.74) is 1.67. The smallest absolute Gasteiger partial charge is 0.215 e. The van der Waals surface area contributed by atoms with E-state index < -0.39 is 5.79 Å². The lowest BCUT2D eigenvalue weighted by atomic mass is 10.1. The molecule has 0 radical (unpaired) electrons. The van der Waals surface area contributed by atoms with Crippen LogP contribution in [-0.4, -0.2) is 38.4 Å². The van der Waals surface area contributed by atoms with Crippen LogP contribution in [0.3, 0.4) is 0 Å². The van der Waals surface area contributed by atoms with E-state index in [2.05, 4.69) is 9.97 Å². The van der Waals surface area contributed by atoms with E-state index in [-0.39, 0.29) is 6.10 Å². The molecule has 0 unspecified atom stereocenters. The average Bonchev–Trinajstić information content (AvgIpc) is 3.56. The Labute approximate surface area is 195 Å². The number of hydrogen-bond acceptors (Lipinski definition) is 5. The average molecular weight is 471 g/mol. The summed E-state index contributed by atoms with van der Waals surface area (Å²) in [5, 5.41) is 1.03. The second-order valence-electron chi connectivity index (χ2n) is 7.44. The number of halogens is 2. The molecule has 2 aromatic heterocycles. The first-order chi connectivity index (χ1) is 15.6. The highest BCUT2D eigenvalue weighted by Gasteiger charge is 2.45. The van der Waals surface area contributed by atoms with Crippen molar-refractivity contribution < 1.29 is 14.2 Å². The molecular formula is C23H20Cl2N4O3. The Morgan fingerprint density at radius 3 is 2.72 bits per heavy atom. The van der Waals surface area contributed by atoms with Crippen LogP contribution in [0.5, 0.6) is 5.75 Å². The van der Waals surface area contributed by atoms with E-state index in [9.17, 15) is 0 Å². The molecule has 4 aromatic rings. The predicted molar refractivity (Wildman–Crippen MR) is 120 cm³/mol. The van der Waals surface area contributed by atoms with Crippen molar-refractivity contribution >= 4 is 23.2 Å². The van der Waals surface area contributed by atoms with E-state index in [1.54, 1.807) is 37.2 Å². The first-order valence-corrected chi connectivity index (χ1v) is 10.8. The van der Waals surface area contributed by atoms with Gasteiger partial charge in [-0.3, -0.25) is 0 Å². The van der Waals surface area contributed by atoms with Gasteiger partial charge in [-0.15, -0.1) is 0 Å². The third-order valence-corrected chi connectivity index (χ3v) is 5.75. The van der Waals surface area contributed by atoms with Gasteiger partial charge in [-0.25, -0.2) is 9.97 Å². The minimum absolute atomic E-state index is 0.290. The van der Waals surface area contributed by atoms with Gasteiger partial charge in [0.1, 0.15) is 18.5 Å². The van der Waals surface area contributed by atoms with Crippen molar-refractivity contribution in [2.24, 2.45) is 0 Å². The van der Waals surface area contributed by atoms with Crippen LogP contribution in [0.2, 0.25) is 10.0 Å². The van der Waals surface area contributed by atoms with Gasteiger partial charge < -0.3 is 23.3 Å². The van der Waals surface area contributed by atoms with Gasteiger partial charge in [0.15, 0.2) is 0 Å². The summed E-state index contributed by atoms with van der Waals surface area (Å²) in [6.07, 6.45) is 10.3. The molecule has 0 bridgehead atoms. The fourth-order valence-corrected chi connectivity index (χ4v) is 4.26. The third kappa shape index (κ3) is 4.38. The Morgan fingerprint density at radius 1 is 1.06 bits per heavy atom. The number of imidazole rings is 2. The zero-order chi connectivity index (χ0) is 22.0. The standard InChI is InChI=1S/C23H20Cl2N4O3/c24-17-4-5-21(22(25)10-17)23(14-28-8-6-26-15-28)31-13-20(32-23)12-30-19-3-1-2-18(11-19)29-9-7-27-16-29/h1-11,15-16,20H,12-14H2/t20-,23-/m1/s1. The van der Waals surface area contributed by atoms with Crippen LogP contribution < -0.4 is 4.74 Å². The van der Waals surface area contributed by atoms with E-state index in [1.807, 2.05) is 51.9 Å². The Bertz CT molecular complexity index is 1180.